The van der Waals surface area contributed by atoms with Gasteiger partial charge >= 0.3 is 0 Å². The van der Waals surface area contributed by atoms with E-state index in [0.717, 1.165) is 24.1 Å². The van der Waals surface area contributed by atoms with Crippen LogP contribution in [0.15, 0.2) is 59.5 Å². The van der Waals surface area contributed by atoms with Crippen molar-refractivity contribution in [1.29, 1.82) is 0 Å². The third-order valence-corrected chi connectivity index (χ3v) is 7.01. The minimum absolute atomic E-state index is 0.0469. The van der Waals surface area contributed by atoms with E-state index < -0.39 is 21.8 Å². The zero-order valence-electron chi connectivity index (χ0n) is 15.8. The number of amides is 1. The van der Waals surface area contributed by atoms with Crippen molar-refractivity contribution in [3.63, 3.8) is 0 Å². The van der Waals surface area contributed by atoms with Crippen molar-refractivity contribution in [1.82, 2.24) is 9.62 Å². The van der Waals surface area contributed by atoms with Crippen LogP contribution in [0.2, 0.25) is 0 Å². The van der Waals surface area contributed by atoms with Crippen molar-refractivity contribution < 1.29 is 17.6 Å². The molecule has 0 bridgehead atoms. The monoisotopic (exact) mass is 404 g/mol. The van der Waals surface area contributed by atoms with Crippen LogP contribution in [0.1, 0.15) is 37.8 Å². The molecular formula is C21H25FN2O3S. The van der Waals surface area contributed by atoms with Gasteiger partial charge in [0.2, 0.25) is 15.9 Å². The molecule has 2 atom stereocenters. The lowest BCUT2D eigenvalue weighted by Gasteiger charge is -2.32. The van der Waals surface area contributed by atoms with Gasteiger partial charge < -0.3 is 5.32 Å². The summed E-state index contributed by atoms with van der Waals surface area (Å²) in [6, 6.07) is 14.4. The zero-order chi connectivity index (χ0) is 20.1. The van der Waals surface area contributed by atoms with Crippen molar-refractivity contribution >= 4 is 15.9 Å². The van der Waals surface area contributed by atoms with Crippen molar-refractivity contribution in [3.8, 4) is 0 Å². The molecule has 1 aliphatic heterocycles. The Balaban J connectivity index is 1.70. The van der Waals surface area contributed by atoms with Crippen LogP contribution < -0.4 is 5.32 Å². The number of carbonyl (C=O) groups excluding carboxylic acids is 1. The number of nitrogens with zero attached hydrogens (tertiary/aromatic N) is 1. The number of piperidine rings is 1. The fourth-order valence-electron chi connectivity index (χ4n) is 3.53. The predicted molar refractivity (Wildman–Crippen MR) is 105 cm³/mol. The minimum Gasteiger partial charge on any atom is -0.349 e. The minimum atomic E-state index is -3.74. The summed E-state index contributed by atoms with van der Waals surface area (Å²) in [4.78, 5) is 12.9. The number of nitrogens with one attached hydrogen (secondary N) is 1. The van der Waals surface area contributed by atoms with Gasteiger partial charge in [-0.2, -0.15) is 4.31 Å². The van der Waals surface area contributed by atoms with Crippen molar-refractivity contribution in [2.45, 2.75) is 37.1 Å². The molecule has 3 rings (SSSR count). The molecule has 5 nitrogen and oxygen atoms in total. The summed E-state index contributed by atoms with van der Waals surface area (Å²) in [5.41, 5.74) is 1.03. The first-order chi connectivity index (χ1) is 13.4. The summed E-state index contributed by atoms with van der Waals surface area (Å²) < 4.78 is 40.1. The highest BCUT2D eigenvalue weighted by Gasteiger charge is 2.33. The molecule has 2 aromatic rings. The van der Waals surface area contributed by atoms with Crippen LogP contribution in [0.3, 0.4) is 0 Å². The molecule has 1 fully saturated rings. The molecule has 1 aliphatic rings. The van der Waals surface area contributed by atoms with Gasteiger partial charge in [-0.3, -0.25) is 4.79 Å². The Kier molecular flexibility index (Phi) is 6.46. The average molecular weight is 405 g/mol. The smallest absolute Gasteiger partial charge is 0.243 e. The number of hydrogen-bond acceptors (Lipinski definition) is 3. The Bertz CT molecular complexity index is 901. The molecule has 1 N–H and O–H groups in total. The lowest BCUT2D eigenvalue weighted by molar-refractivity contribution is -0.126. The fourth-order valence-corrected chi connectivity index (χ4v) is 5.05. The van der Waals surface area contributed by atoms with E-state index in [4.69, 9.17) is 0 Å². The summed E-state index contributed by atoms with van der Waals surface area (Å²) in [5.74, 6) is -1.02. The van der Waals surface area contributed by atoms with Gasteiger partial charge in [0.05, 0.1) is 16.9 Å². The van der Waals surface area contributed by atoms with E-state index in [1.54, 1.807) is 0 Å². The first kappa shape index (κ1) is 20.5. The lowest BCUT2D eigenvalue weighted by atomic mass is 9.97. The van der Waals surface area contributed by atoms with Gasteiger partial charge in [-0.15, -0.1) is 0 Å². The number of carbonyl (C=O) groups is 1. The van der Waals surface area contributed by atoms with E-state index in [1.807, 2.05) is 37.3 Å². The molecule has 28 heavy (non-hydrogen) atoms. The van der Waals surface area contributed by atoms with E-state index in [-0.39, 0.29) is 23.4 Å². The quantitative estimate of drug-likeness (QED) is 0.801. The van der Waals surface area contributed by atoms with Crippen LogP contribution in [0.4, 0.5) is 4.39 Å². The Morgan fingerprint density at radius 2 is 1.86 bits per heavy atom. The first-order valence-corrected chi connectivity index (χ1v) is 11.0. The highest BCUT2D eigenvalue weighted by atomic mass is 32.2. The maximum atomic E-state index is 13.1. The van der Waals surface area contributed by atoms with E-state index >= 15 is 0 Å². The molecule has 0 radical (unpaired) electrons. The molecule has 0 unspecified atom stereocenters. The van der Waals surface area contributed by atoms with Crippen LogP contribution in [0.5, 0.6) is 0 Å². The van der Waals surface area contributed by atoms with Crippen molar-refractivity contribution in [2.75, 3.05) is 13.1 Å². The van der Waals surface area contributed by atoms with Crippen LogP contribution in [0.25, 0.3) is 0 Å². The SMILES string of the molecule is CC[C@H](NC(=O)[C@@H]1CCCN(S(=O)(=O)c2ccc(F)cc2)C1)c1ccccc1. The van der Waals surface area contributed by atoms with Gasteiger partial charge in [0.25, 0.3) is 0 Å². The van der Waals surface area contributed by atoms with Crippen LogP contribution in [0, 0.1) is 11.7 Å². The van der Waals surface area contributed by atoms with Crippen LogP contribution in [-0.2, 0) is 14.8 Å². The summed E-state index contributed by atoms with van der Waals surface area (Å²) in [6.07, 6.45) is 2.01. The second kappa shape index (κ2) is 8.84. The topological polar surface area (TPSA) is 66.5 Å². The molecular weight excluding hydrogens is 379 g/mol. The van der Waals surface area contributed by atoms with Crippen molar-refractivity contribution in [3.05, 3.63) is 66.0 Å². The van der Waals surface area contributed by atoms with E-state index in [2.05, 4.69) is 5.32 Å². The predicted octanol–water partition coefficient (Wildman–Crippen LogP) is 3.49. The van der Waals surface area contributed by atoms with E-state index in [1.165, 1.54) is 16.4 Å². The maximum Gasteiger partial charge on any atom is 0.243 e. The Labute approximate surface area is 165 Å². The Hall–Kier alpha value is -2.25. The number of halogens is 1. The summed E-state index contributed by atoms with van der Waals surface area (Å²) in [5, 5.41) is 3.06. The maximum absolute atomic E-state index is 13.1. The molecule has 150 valence electrons. The highest BCUT2D eigenvalue weighted by Crippen LogP contribution is 2.25. The number of hydrogen-bond donors (Lipinski definition) is 1. The molecule has 1 heterocycles. The van der Waals surface area contributed by atoms with Crippen LogP contribution >= 0.6 is 0 Å². The number of rotatable bonds is 6. The fraction of sp³-hybridized carbons (Fsp3) is 0.381. The van der Waals surface area contributed by atoms with Crippen LogP contribution in [-0.4, -0.2) is 31.7 Å². The molecule has 0 saturated carbocycles. The highest BCUT2D eigenvalue weighted by molar-refractivity contribution is 7.89. The van der Waals surface area contributed by atoms with E-state index in [9.17, 15) is 17.6 Å². The van der Waals surface area contributed by atoms with Gasteiger partial charge in [0.1, 0.15) is 5.82 Å². The van der Waals surface area contributed by atoms with Gasteiger partial charge in [0, 0.05) is 13.1 Å². The number of benzene rings is 2. The molecule has 1 amide bonds. The molecule has 0 aromatic heterocycles. The molecule has 0 aliphatic carbocycles. The second-order valence-corrected chi connectivity index (χ2v) is 8.97. The first-order valence-electron chi connectivity index (χ1n) is 9.53. The van der Waals surface area contributed by atoms with Gasteiger partial charge in [-0.1, -0.05) is 37.3 Å². The van der Waals surface area contributed by atoms with Gasteiger partial charge in [-0.05, 0) is 49.1 Å². The summed E-state index contributed by atoms with van der Waals surface area (Å²) >= 11 is 0. The second-order valence-electron chi connectivity index (χ2n) is 7.04. The average Bonchev–Trinajstić information content (AvgIpc) is 2.73. The van der Waals surface area contributed by atoms with Gasteiger partial charge in [0.15, 0.2) is 0 Å². The lowest BCUT2D eigenvalue weighted by Crippen LogP contribution is -2.46. The third-order valence-electron chi connectivity index (χ3n) is 5.13. The Morgan fingerprint density at radius 3 is 2.50 bits per heavy atom. The number of sulfonamides is 1. The van der Waals surface area contributed by atoms with Gasteiger partial charge in [-0.25, -0.2) is 12.8 Å². The standard InChI is InChI=1S/C21H25FN2O3S/c1-2-20(16-7-4-3-5-8-16)23-21(25)17-9-6-14-24(15-17)28(26,27)19-12-10-18(22)11-13-19/h3-5,7-8,10-13,17,20H,2,6,9,14-15H2,1H3,(H,23,25)/t17-,20+/m1/s1. The third kappa shape index (κ3) is 4.59. The largest absolute Gasteiger partial charge is 0.349 e. The summed E-state index contributed by atoms with van der Waals surface area (Å²) in [7, 11) is -3.74. The Morgan fingerprint density at radius 1 is 1.18 bits per heavy atom. The summed E-state index contributed by atoms with van der Waals surface area (Å²) in [6.45, 7) is 2.50. The zero-order valence-corrected chi connectivity index (χ0v) is 16.7. The normalized spacial score (nSPS) is 19.1. The molecule has 2 aromatic carbocycles. The molecule has 1 saturated heterocycles. The van der Waals surface area contributed by atoms with Crippen molar-refractivity contribution in [2.24, 2.45) is 5.92 Å². The molecule has 0 spiro atoms. The van der Waals surface area contributed by atoms with E-state index in [0.29, 0.717) is 19.4 Å². The molecule has 7 heteroatoms.